The van der Waals surface area contributed by atoms with Crippen LogP contribution in [0.5, 0.6) is 0 Å². The number of aromatic nitrogens is 1. The predicted octanol–water partition coefficient (Wildman–Crippen LogP) is 2.22. The standard InChI is InChI=1S/C16H14N4O2/c17-15(21)14-13(19-16(18)22)11-8-4-5-9-12(11)20(14)10-6-2-1-3-7-10/h1-9H,(H2,17,21)(H3,18,19,22). The molecule has 110 valence electrons. The second-order valence-corrected chi connectivity index (χ2v) is 4.77. The molecule has 0 saturated heterocycles. The lowest BCUT2D eigenvalue weighted by atomic mass is 10.2. The van der Waals surface area contributed by atoms with E-state index in [0.29, 0.717) is 11.1 Å². The average molecular weight is 294 g/mol. The molecular formula is C16H14N4O2. The maximum Gasteiger partial charge on any atom is 0.316 e. The molecule has 6 heteroatoms. The molecule has 6 nitrogen and oxygen atoms in total. The number of rotatable bonds is 3. The number of nitrogens with one attached hydrogen (secondary N) is 1. The summed E-state index contributed by atoms with van der Waals surface area (Å²) in [6.07, 6.45) is 0. The predicted molar refractivity (Wildman–Crippen MR) is 85.0 cm³/mol. The summed E-state index contributed by atoms with van der Waals surface area (Å²) in [6.45, 7) is 0. The molecule has 0 saturated carbocycles. The van der Waals surface area contributed by atoms with Crippen molar-refractivity contribution in [3.8, 4) is 5.69 Å². The van der Waals surface area contributed by atoms with Gasteiger partial charge in [0.2, 0.25) is 0 Å². The van der Waals surface area contributed by atoms with Crippen LogP contribution in [-0.2, 0) is 0 Å². The molecule has 22 heavy (non-hydrogen) atoms. The highest BCUT2D eigenvalue weighted by Crippen LogP contribution is 2.33. The first-order valence-electron chi connectivity index (χ1n) is 6.64. The summed E-state index contributed by atoms with van der Waals surface area (Å²) in [4.78, 5) is 23.3. The zero-order valence-electron chi connectivity index (χ0n) is 11.6. The van der Waals surface area contributed by atoms with Crippen LogP contribution in [0.3, 0.4) is 0 Å². The molecule has 2 aromatic carbocycles. The van der Waals surface area contributed by atoms with Crippen LogP contribution in [-0.4, -0.2) is 16.5 Å². The van der Waals surface area contributed by atoms with Gasteiger partial charge in [0.05, 0.1) is 11.2 Å². The van der Waals surface area contributed by atoms with E-state index in [-0.39, 0.29) is 5.69 Å². The average Bonchev–Trinajstić information content (AvgIpc) is 2.82. The highest BCUT2D eigenvalue weighted by Gasteiger charge is 2.22. The van der Waals surface area contributed by atoms with E-state index in [4.69, 9.17) is 11.5 Å². The molecule has 3 aromatic rings. The van der Waals surface area contributed by atoms with Gasteiger partial charge in [0, 0.05) is 11.1 Å². The van der Waals surface area contributed by atoms with Crippen LogP contribution in [0.15, 0.2) is 54.6 Å². The molecule has 1 aromatic heterocycles. The first kappa shape index (κ1) is 13.7. The molecule has 0 fully saturated rings. The minimum absolute atomic E-state index is 0.186. The topological polar surface area (TPSA) is 103 Å². The number of hydrogen-bond acceptors (Lipinski definition) is 2. The molecule has 0 aliphatic carbocycles. The van der Waals surface area contributed by atoms with Gasteiger partial charge in [-0.3, -0.25) is 4.79 Å². The Kier molecular flexibility index (Phi) is 3.27. The molecule has 0 aliphatic rings. The van der Waals surface area contributed by atoms with E-state index in [1.54, 1.807) is 10.6 Å². The number of anilines is 1. The number of nitrogens with zero attached hydrogens (tertiary/aromatic N) is 1. The number of para-hydroxylation sites is 2. The zero-order valence-corrected chi connectivity index (χ0v) is 11.6. The number of nitrogens with two attached hydrogens (primary N) is 2. The van der Waals surface area contributed by atoms with Crippen molar-refractivity contribution < 1.29 is 9.59 Å². The van der Waals surface area contributed by atoms with Crippen LogP contribution in [0.1, 0.15) is 10.5 Å². The zero-order chi connectivity index (χ0) is 15.7. The van der Waals surface area contributed by atoms with Gasteiger partial charge in [0.25, 0.3) is 5.91 Å². The minimum atomic E-state index is -0.751. The molecule has 0 bridgehead atoms. The number of carbonyl (C=O) groups excluding carboxylic acids is 2. The van der Waals surface area contributed by atoms with Gasteiger partial charge in [-0.05, 0) is 18.2 Å². The summed E-state index contributed by atoms with van der Waals surface area (Å²) >= 11 is 0. The normalized spacial score (nSPS) is 10.5. The van der Waals surface area contributed by atoms with Gasteiger partial charge < -0.3 is 21.4 Å². The Labute approximate surface area is 126 Å². The maximum absolute atomic E-state index is 12.0. The number of hydrogen-bond donors (Lipinski definition) is 3. The Bertz CT molecular complexity index is 868. The molecule has 0 spiro atoms. The Hall–Kier alpha value is -3.28. The number of primary amides is 2. The van der Waals surface area contributed by atoms with Gasteiger partial charge in [-0.25, -0.2) is 4.79 Å². The van der Waals surface area contributed by atoms with Gasteiger partial charge >= 0.3 is 6.03 Å². The molecule has 0 atom stereocenters. The fourth-order valence-electron chi connectivity index (χ4n) is 2.57. The number of benzene rings is 2. The van der Waals surface area contributed by atoms with Crippen LogP contribution in [0, 0.1) is 0 Å². The first-order chi connectivity index (χ1) is 10.6. The van der Waals surface area contributed by atoms with Gasteiger partial charge in [-0.2, -0.15) is 0 Å². The molecule has 0 aliphatic heterocycles. The Morgan fingerprint density at radius 2 is 1.55 bits per heavy atom. The van der Waals surface area contributed by atoms with Crippen molar-refractivity contribution in [1.29, 1.82) is 0 Å². The van der Waals surface area contributed by atoms with E-state index in [1.807, 2.05) is 48.5 Å². The van der Waals surface area contributed by atoms with Crippen LogP contribution < -0.4 is 16.8 Å². The summed E-state index contributed by atoms with van der Waals surface area (Å²) < 4.78 is 1.71. The molecule has 5 N–H and O–H groups in total. The number of carbonyl (C=O) groups is 2. The number of fused-ring (bicyclic) bond motifs is 1. The molecular weight excluding hydrogens is 280 g/mol. The van der Waals surface area contributed by atoms with Crippen molar-refractivity contribution >= 4 is 28.5 Å². The third-order valence-electron chi connectivity index (χ3n) is 3.37. The maximum atomic E-state index is 12.0. The van der Waals surface area contributed by atoms with Crippen LogP contribution >= 0.6 is 0 Å². The fraction of sp³-hybridized carbons (Fsp3) is 0. The highest BCUT2D eigenvalue weighted by molar-refractivity contribution is 6.12. The van der Waals surface area contributed by atoms with Crippen molar-refractivity contribution in [2.45, 2.75) is 0 Å². The monoisotopic (exact) mass is 294 g/mol. The quantitative estimate of drug-likeness (QED) is 0.689. The van der Waals surface area contributed by atoms with Crippen molar-refractivity contribution in [1.82, 2.24) is 4.57 Å². The van der Waals surface area contributed by atoms with Crippen LogP contribution in [0.4, 0.5) is 10.5 Å². The van der Waals surface area contributed by atoms with E-state index in [2.05, 4.69) is 5.32 Å². The van der Waals surface area contributed by atoms with E-state index in [1.165, 1.54) is 0 Å². The summed E-state index contributed by atoms with van der Waals surface area (Å²) in [6, 6.07) is 15.9. The van der Waals surface area contributed by atoms with E-state index < -0.39 is 11.9 Å². The largest absolute Gasteiger partial charge is 0.364 e. The molecule has 0 radical (unpaired) electrons. The third-order valence-corrected chi connectivity index (χ3v) is 3.37. The summed E-state index contributed by atoms with van der Waals surface area (Å²) in [5.74, 6) is -0.649. The molecule has 3 amide bonds. The molecule has 0 unspecified atom stereocenters. The lowest BCUT2D eigenvalue weighted by Gasteiger charge is -2.09. The van der Waals surface area contributed by atoms with Crippen molar-refractivity contribution in [2.75, 3.05) is 5.32 Å². The second-order valence-electron chi connectivity index (χ2n) is 4.77. The lowest BCUT2D eigenvalue weighted by molar-refractivity contribution is 0.0995. The molecule has 3 rings (SSSR count). The SMILES string of the molecule is NC(=O)Nc1c(C(N)=O)n(-c2ccccc2)c2ccccc12. The summed E-state index contributed by atoms with van der Waals surface area (Å²) in [5.41, 5.74) is 12.8. The van der Waals surface area contributed by atoms with Gasteiger partial charge in [0.1, 0.15) is 5.69 Å². The van der Waals surface area contributed by atoms with Gasteiger partial charge in [0.15, 0.2) is 0 Å². The fourth-order valence-corrected chi connectivity index (χ4v) is 2.57. The second kappa shape index (κ2) is 5.25. The van der Waals surface area contributed by atoms with Crippen molar-refractivity contribution in [3.05, 3.63) is 60.3 Å². The van der Waals surface area contributed by atoms with Crippen molar-refractivity contribution in [3.63, 3.8) is 0 Å². The van der Waals surface area contributed by atoms with E-state index in [9.17, 15) is 9.59 Å². The first-order valence-corrected chi connectivity index (χ1v) is 6.64. The number of urea groups is 1. The van der Waals surface area contributed by atoms with Gasteiger partial charge in [-0.15, -0.1) is 0 Å². The molecule has 1 heterocycles. The van der Waals surface area contributed by atoms with Crippen molar-refractivity contribution in [2.24, 2.45) is 11.5 Å². The van der Waals surface area contributed by atoms with E-state index >= 15 is 0 Å². The Balaban J connectivity index is 2.42. The Morgan fingerprint density at radius 1 is 0.909 bits per heavy atom. The van der Waals surface area contributed by atoms with Crippen LogP contribution in [0.25, 0.3) is 16.6 Å². The minimum Gasteiger partial charge on any atom is -0.364 e. The van der Waals surface area contributed by atoms with Gasteiger partial charge in [-0.1, -0.05) is 36.4 Å². The number of amides is 3. The summed E-state index contributed by atoms with van der Waals surface area (Å²) in [7, 11) is 0. The van der Waals surface area contributed by atoms with E-state index in [0.717, 1.165) is 11.2 Å². The Morgan fingerprint density at radius 3 is 2.18 bits per heavy atom. The highest BCUT2D eigenvalue weighted by atomic mass is 16.2. The third kappa shape index (κ3) is 2.16. The van der Waals surface area contributed by atoms with Crippen LogP contribution in [0.2, 0.25) is 0 Å². The summed E-state index contributed by atoms with van der Waals surface area (Å²) in [5, 5.41) is 3.20. The smallest absolute Gasteiger partial charge is 0.316 e. The lowest BCUT2D eigenvalue weighted by Crippen LogP contribution is -2.23.